The minimum atomic E-state index is 0.185. The van der Waals surface area contributed by atoms with E-state index in [0.29, 0.717) is 12.0 Å². The van der Waals surface area contributed by atoms with Crippen LogP contribution in [-0.4, -0.2) is 23.4 Å². The molecule has 0 N–H and O–H groups in total. The number of hydrogen-bond donors (Lipinski definition) is 0. The van der Waals surface area contributed by atoms with Gasteiger partial charge in [-0.1, -0.05) is 35.8 Å². The van der Waals surface area contributed by atoms with Gasteiger partial charge in [-0.05, 0) is 43.4 Å². The smallest absolute Gasteiger partial charge is 0.254 e. The standard InChI is InChI=1S/C15H20BrNO/c1-10(2)9-17(13-6-7-13)15(18)14-8-12(16)5-4-11(14)3/h4-5,8,10,13H,6-7,9H2,1-3H3. The lowest BCUT2D eigenvalue weighted by atomic mass is 10.1. The van der Waals surface area contributed by atoms with Crippen molar-refractivity contribution in [1.29, 1.82) is 0 Å². The molecule has 18 heavy (non-hydrogen) atoms. The van der Waals surface area contributed by atoms with Gasteiger partial charge in [0, 0.05) is 22.6 Å². The Morgan fingerprint density at radius 1 is 1.44 bits per heavy atom. The fourth-order valence-electron chi connectivity index (χ4n) is 2.16. The third-order valence-corrected chi connectivity index (χ3v) is 3.73. The van der Waals surface area contributed by atoms with Gasteiger partial charge in [0.15, 0.2) is 0 Å². The zero-order chi connectivity index (χ0) is 13.3. The number of benzene rings is 1. The molecule has 98 valence electrons. The lowest BCUT2D eigenvalue weighted by molar-refractivity contribution is 0.0721. The summed E-state index contributed by atoms with van der Waals surface area (Å²) >= 11 is 3.45. The van der Waals surface area contributed by atoms with Gasteiger partial charge in [0.1, 0.15) is 0 Å². The molecule has 3 heteroatoms. The van der Waals surface area contributed by atoms with Crippen molar-refractivity contribution in [2.24, 2.45) is 5.92 Å². The molecule has 1 amide bonds. The van der Waals surface area contributed by atoms with Crippen LogP contribution in [0.2, 0.25) is 0 Å². The monoisotopic (exact) mass is 309 g/mol. The number of aryl methyl sites for hydroxylation is 1. The van der Waals surface area contributed by atoms with Gasteiger partial charge < -0.3 is 4.90 Å². The second-order valence-corrected chi connectivity index (χ2v) is 6.46. The average Bonchev–Trinajstić information content (AvgIpc) is 3.12. The van der Waals surface area contributed by atoms with E-state index >= 15 is 0 Å². The molecule has 1 fully saturated rings. The Morgan fingerprint density at radius 2 is 2.11 bits per heavy atom. The molecule has 2 rings (SSSR count). The van der Waals surface area contributed by atoms with Crippen molar-refractivity contribution < 1.29 is 4.79 Å². The van der Waals surface area contributed by atoms with Crippen LogP contribution in [0.5, 0.6) is 0 Å². The average molecular weight is 310 g/mol. The summed E-state index contributed by atoms with van der Waals surface area (Å²) in [5.74, 6) is 0.701. The lowest BCUT2D eigenvalue weighted by Gasteiger charge is -2.25. The fraction of sp³-hybridized carbons (Fsp3) is 0.533. The number of carbonyl (C=O) groups is 1. The normalized spacial score (nSPS) is 14.9. The molecule has 0 radical (unpaired) electrons. The zero-order valence-electron chi connectivity index (χ0n) is 11.2. The summed E-state index contributed by atoms with van der Waals surface area (Å²) in [6, 6.07) is 6.39. The number of hydrogen-bond acceptors (Lipinski definition) is 1. The van der Waals surface area contributed by atoms with Crippen molar-refractivity contribution in [3.8, 4) is 0 Å². The highest BCUT2D eigenvalue weighted by atomic mass is 79.9. The molecule has 0 atom stereocenters. The number of rotatable bonds is 4. The highest BCUT2D eigenvalue weighted by Crippen LogP contribution is 2.30. The number of amides is 1. The van der Waals surface area contributed by atoms with E-state index in [-0.39, 0.29) is 5.91 Å². The SMILES string of the molecule is Cc1ccc(Br)cc1C(=O)N(CC(C)C)C1CC1. The molecule has 0 bridgehead atoms. The molecular formula is C15H20BrNO. The molecule has 2 nitrogen and oxygen atoms in total. The van der Waals surface area contributed by atoms with Crippen LogP contribution in [0.1, 0.15) is 42.6 Å². The van der Waals surface area contributed by atoms with Gasteiger partial charge in [0.2, 0.25) is 0 Å². The maximum atomic E-state index is 12.6. The minimum Gasteiger partial charge on any atom is -0.335 e. The second-order valence-electron chi connectivity index (χ2n) is 5.54. The first-order chi connectivity index (χ1) is 8.49. The van der Waals surface area contributed by atoms with E-state index in [4.69, 9.17) is 0 Å². The van der Waals surface area contributed by atoms with Gasteiger partial charge in [-0.15, -0.1) is 0 Å². The summed E-state index contributed by atoms with van der Waals surface area (Å²) in [6.07, 6.45) is 2.32. The van der Waals surface area contributed by atoms with E-state index in [1.807, 2.05) is 25.1 Å². The van der Waals surface area contributed by atoms with Gasteiger partial charge in [0.25, 0.3) is 5.91 Å². The van der Waals surface area contributed by atoms with E-state index in [9.17, 15) is 4.79 Å². The summed E-state index contributed by atoms with van der Waals surface area (Å²) in [5.41, 5.74) is 1.88. The van der Waals surface area contributed by atoms with Gasteiger partial charge in [-0.3, -0.25) is 4.79 Å². The molecule has 1 aliphatic rings. The molecular weight excluding hydrogens is 290 g/mol. The van der Waals surface area contributed by atoms with Crippen LogP contribution in [0.25, 0.3) is 0 Å². The topological polar surface area (TPSA) is 20.3 Å². The van der Waals surface area contributed by atoms with Crippen molar-refractivity contribution in [1.82, 2.24) is 4.90 Å². The summed E-state index contributed by atoms with van der Waals surface area (Å²) in [4.78, 5) is 14.7. The molecule has 1 aliphatic carbocycles. The van der Waals surface area contributed by atoms with E-state index in [1.165, 1.54) is 0 Å². The van der Waals surface area contributed by atoms with Gasteiger partial charge >= 0.3 is 0 Å². The van der Waals surface area contributed by atoms with Crippen molar-refractivity contribution in [2.75, 3.05) is 6.54 Å². The Bertz CT molecular complexity index is 452. The predicted octanol–water partition coefficient (Wildman–Crippen LogP) is 4.02. The van der Waals surface area contributed by atoms with Crippen LogP contribution in [-0.2, 0) is 0 Å². The third-order valence-electron chi connectivity index (χ3n) is 3.24. The molecule has 0 saturated heterocycles. The summed E-state index contributed by atoms with van der Waals surface area (Å²) in [6.45, 7) is 7.18. The lowest BCUT2D eigenvalue weighted by Crippen LogP contribution is -2.36. The Kier molecular flexibility index (Phi) is 4.10. The van der Waals surface area contributed by atoms with E-state index in [1.54, 1.807) is 0 Å². The van der Waals surface area contributed by atoms with E-state index < -0.39 is 0 Å². The summed E-state index contributed by atoms with van der Waals surface area (Å²) < 4.78 is 0.969. The number of halogens is 1. The zero-order valence-corrected chi connectivity index (χ0v) is 12.8. The van der Waals surface area contributed by atoms with Crippen LogP contribution in [0.15, 0.2) is 22.7 Å². The molecule has 0 unspecified atom stereocenters. The largest absolute Gasteiger partial charge is 0.335 e. The van der Waals surface area contributed by atoms with E-state index in [0.717, 1.165) is 35.0 Å². The molecule has 1 saturated carbocycles. The quantitative estimate of drug-likeness (QED) is 0.822. The van der Waals surface area contributed by atoms with Crippen LogP contribution in [0.3, 0.4) is 0 Å². The first-order valence-corrected chi connectivity index (χ1v) is 7.35. The molecule has 0 aliphatic heterocycles. The predicted molar refractivity (Wildman–Crippen MR) is 77.8 cm³/mol. The molecule has 1 aromatic carbocycles. The van der Waals surface area contributed by atoms with Crippen molar-refractivity contribution >= 4 is 21.8 Å². The second kappa shape index (κ2) is 5.43. The Labute approximate surface area is 117 Å². The molecule has 0 aromatic heterocycles. The molecule has 1 aromatic rings. The van der Waals surface area contributed by atoms with Crippen molar-refractivity contribution in [3.63, 3.8) is 0 Å². The number of nitrogens with zero attached hydrogens (tertiary/aromatic N) is 1. The molecule has 0 spiro atoms. The van der Waals surface area contributed by atoms with E-state index in [2.05, 4.69) is 34.7 Å². The first kappa shape index (κ1) is 13.6. The number of carbonyl (C=O) groups excluding carboxylic acids is 1. The first-order valence-electron chi connectivity index (χ1n) is 6.56. The van der Waals surface area contributed by atoms with Gasteiger partial charge in [-0.2, -0.15) is 0 Å². The summed E-state index contributed by atoms with van der Waals surface area (Å²) in [7, 11) is 0. The highest BCUT2D eigenvalue weighted by Gasteiger charge is 2.33. The maximum Gasteiger partial charge on any atom is 0.254 e. The minimum absolute atomic E-state index is 0.185. The van der Waals surface area contributed by atoms with Gasteiger partial charge in [-0.25, -0.2) is 0 Å². The van der Waals surface area contributed by atoms with Crippen LogP contribution >= 0.6 is 15.9 Å². The van der Waals surface area contributed by atoms with Crippen LogP contribution in [0, 0.1) is 12.8 Å². The highest BCUT2D eigenvalue weighted by molar-refractivity contribution is 9.10. The van der Waals surface area contributed by atoms with Gasteiger partial charge in [0.05, 0.1) is 0 Å². The Balaban J connectivity index is 2.24. The van der Waals surface area contributed by atoms with Crippen LogP contribution < -0.4 is 0 Å². The fourth-order valence-corrected chi connectivity index (χ4v) is 2.52. The maximum absolute atomic E-state index is 12.6. The third kappa shape index (κ3) is 3.14. The van der Waals surface area contributed by atoms with Crippen LogP contribution in [0.4, 0.5) is 0 Å². The summed E-state index contributed by atoms with van der Waals surface area (Å²) in [5, 5.41) is 0. The van der Waals surface area contributed by atoms with Crippen molar-refractivity contribution in [2.45, 2.75) is 39.7 Å². The Morgan fingerprint density at radius 3 is 2.67 bits per heavy atom. The Hall–Kier alpha value is -0.830. The molecule has 0 heterocycles. The van der Waals surface area contributed by atoms with Crippen molar-refractivity contribution in [3.05, 3.63) is 33.8 Å².